The van der Waals surface area contributed by atoms with E-state index in [1.54, 1.807) is 0 Å². The standard InChI is InChI=1S/C13H28N2O/c1-15(10-5-3-4-9-14)12-7-6-8-13(11-12)16-2/h12-13H,3-11,14H2,1-2H3. The van der Waals surface area contributed by atoms with Crippen LogP contribution in [0.25, 0.3) is 0 Å². The molecule has 0 aliphatic heterocycles. The van der Waals surface area contributed by atoms with Crippen LogP contribution in [0, 0.1) is 0 Å². The first-order chi connectivity index (χ1) is 7.77. The quantitative estimate of drug-likeness (QED) is 0.677. The zero-order valence-corrected chi connectivity index (χ0v) is 11.0. The maximum absolute atomic E-state index is 5.49. The first-order valence-electron chi connectivity index (χ1n) is 6.71. The Bertz CT molecular complexity index is 175. The number of hydrogen-bond acceptors (Lipinski definition) is 3. The van der Waals surface area contributed by atoms with Gasteiger partial charge in [0.05, 0.1) is 6.10 Å². The molecule has 16 heavy (non-hydrogen) atoms. The van der Waals surface area contributed by atoms with Crippen molar-refractivity contribution in [3.05, 3.63) is 0 Å². The predicted octanol–water partition coefficient (Wildman–Crippen LogP) is 2.00. The van der Waals surface area contributed by atoms with Crippen LogP contribution in [0.15, 0.2) is 0 Å². The average molecular weight is 228 g/mol. The van der Waals surface area contributed by atoms with Crippen molar-refractivity contribution < 1.29 is 4.74 Å². The number of nitrogens with zero attached hydrogens (tertiary/aromatic N) is 1. The summed E-state index contributed by atoms with van der Waals surface area (Å²) in [4.78, 5) is 2.52. The SMILES string of the molecule is COC1CCCC(N(C)CCCCCN)C1. The predicted molar refractivity (Wildman–Crippen MR) is 68.6 cm³/mol. The second-order valence-corrected chi connectivity index (χ2v) is 5.01. The van der Waals surface area contributed by atoms with Crippen LogP contribution < -0.4 is 5.73 Å². The molecule has 3 heteroatoms. The average Bonchev–Trinajstić information content (AvgIpc) is 2.34. The third kappa shape index (κ3) is 4.81. The second kappa shape index (κ2) is 8.04. The van der Waals surface area contributed by atoms with E-state index in [0.717, 1.165) is 12.6 Å². The van der Waals surface area contributed by atoms with Crippen LogP contribution in [0.2, 0.25) is 0 Å². The zero-order valence-electron chi connectivity index (χ0n) is 11.0. The van der Waals surface area contributed by atoms with Crippen molar-refractivity contribution in [1.82, 2.24) is 4.90 Å². The van der Waals surface area contributed by atoms with Crippen LogP contribution in [0.4, 0.5) is 0 Å². The molecule has 0 saturated heterocycles. The second-order valence-electron chi connectivity index (χ2n) is 5.01. The van der Waals surface area contributed by atoms with Gasteiger partial charge in [0.15, 0.2) is 0 Å². The molecule has 0 heterocycles. The van der Waals surface area contributed by atoms with Crippen LogP contribution in [-0.4, -0.2) is 44.3 Å². The van der Waals surface area contributed by atoms with Gasteiger partial charge in [-0.3, -0.25) is 0 Å². The Labute approximate surface area is 100 Å². The normalized spacial score (nSPS) is 26.2. The summed E-state index contributed by atoms with van der Waals surface area (Å²) < 4.78 is 5.47. The van der Waals surface area contributed by atoms with Gasteiger partial charge in [0, 0.05) is 13.2 Å². The molecule has 0 amide bonds. The molecular weight excluding hydrogens is 200 g/mol. The van der Waals surface area contributed by atoms with Crippen LogP contribution in [0.3, 0.4) is 0 Å². The molecule has 0 aromatic carbocycles. The smallest absolute Gasteiger partial charge is 0.0586 e. The van der Waals surface area contributed by atoms with Gasteiger partial charge in [-0.25, -0.2) is 0 Å². The topological polar surface area (TPSA) is 38.5 Å². The van der Waals surface area contributed by atoms with E-state index in [-0.39, 0.29) is 0 Å². The van der Waals surface area contributed by atoms with E-state index in [4.69, 9.17) is 10.5 Å². The van der Waals surface area contributed by atoms with E-state index >= 15 is 0 Å². The Morgan fingerprint density at radius 1 is 1.25 bits per heavy atom. The molecule has 0 radical (unpaired) electrons. The Morgan fingerprint density at radius 3 is 2.75 bits per heavy atom. The van der Waals surface area contributed by atoms with Gasteiger partial charge in [-0.2, -0.15) is 0 Å². The Hall–Kier alpha value is -0.120. The molecule has 2 N–H and O–H groups in total. The Morgan fingerprint density at radius 2 is 2.06 bits per heavy atom. The van der Waals surface area contributed by atoms with Crippen LogP contribution >= 0.6 is 0 Å². The van der Waals surface area contributed by atoms with E-state index in [1.165, 1.54) is 51.5 Å². The highest BCUT2D eigenvalue weighted by molar-refractivity contribution is 4.79. The lowest BCUT2D eigenvalue weighted by Gasteiger charge is -2.34. The molecule has 1 aliphatic carbocycles. The van der Waals surface area contributed by atoms with E-state index in [1.807, 2.05) is 7.11 Å². The first-order valence-corrected chi connectivity index (χ1v) is 6.71. The molecule has 96 valence electrons. The lowest BCUT2D eigenvalue weighted by molar-refractivity contribution is 0.0343. The molecule has 1 fully saturated rings. The summed E-state index contributed by atoms with van der Waals surface area (Å²) in [5.74, 6) is 0. The summed E-state index contributed by atoms with van der Waals surface area (Å²) in [5.41, 5.74) is 5.49. The number of nitrogens with two attached hydrogens (primary N) is 1. The van der Waals surface area contributed by atoms with Crippen LogP contribution in [-0.2, 0) is 4.74 Å². The van der Waals surface area contributed by atoms with Gasteiger partial charge >= 0.3 is 0 Å². The lowest BCUT2D eigenvalue weighted by Crippen LogP contribution is -2.38. The number of methoxy groups -OCH3 is 1. The largest absolute Gasteiger partial charge is 0.381 e. The fourth-order valence-corrected chi connectivity index (χ4v) is 2.60. The molecule has 3 nitrogen and oxygen atoms in total. The first kappa shape index (κ1) is 13.9. The van der Waals surface area contributed by atoms with Crippen molar-refractivity contribution in [1.29, 1.82) is 0 Å². The Balaban J connectivity index is 2.16. The summed E-state index contributed by atoms with van der Waals surface area (Å²) in [6, 6.07) is 0.733. The maximum atomic E-state index is 5.49. The van der Waals surface area contributed by atoms with Crippen molar-refractivity contribution in [3.63, 3.8) is 0 Å². The highest BCUT2D eigenvalue weighted by atomic mass is 16.5. The minimum absolute atomic E-state index is 0.491. The molecule has 2 atom stereocenters. The monoisotopic (exact) mass is 228 g/mol. The minimum atomic E-state index is 0.491. The summed E-state index contributed by atoms with van der Waals surface area (Å²) in [6.45, 7) is 2.04. The lowest BCUT2D eigenvalue weighted by atomic mass is 9.92. The van der Waals surface area contributed by atoms with Crippen LogP contribution in [0.5, 0.6) is 0 Å². The molecule has 1 saturated carbocycles. The molecular formula is C13H28N2O. The van der Waals surface area contributed by atoms with E-state index in [9.17, 15) is 0 Å². The third-order valence-corrected chi connectivity index (χ3v) is 3.77. The van der Waals surface area contributed by atoms with Crippen molar-refractivity contribution in [2.45, 2.75) is 57.1 Å². The van der Waals surface area contributed by atoms with Gasteiger partial charge in [0.25, 0.3) is 0 Å². The van der Waals surface area contributed by atoms with Crippen LogP contribution in [0.1, 0.15) is 44.9 Å². The fraction of sp³-hybridized carbons (Fsp3) is 1.00. The number of rotatable bonds is 7. The summed E-state index contributed by atoms with van der Waals surface area (Å²) in [7, 11) is 4.10. The minimum Gasteiger partial charge on any atom is -0.381 e. The van der Waals surface area contributed by atoms with E-state index in [0.29, 0.717) is 6.10 Å². The zero-order chi connectivity index (χ0) is 11.8. The summed E-state index contributed by atoms with van der Waals surface area (Å²) in [6.07, 6.45) is 9.31. The summed E-state index contributed by atoms with van der Waals surface area (Å²) >= 11 is 0. The molecule has 0 aromatic rings. The Kier molecular flexibility index (Phi) is 7.01. The number of unbranched alkanes of at least 4 members (excludes halogenated alkanes) is 2. The third-order valence-electron chi connectivity index (χ3n) is 3.77. The van der Waals surface area contributed by atoms with Gasteiger partial charge in [-0.1, -0.05) is 6.42 Å². The van der Waals surface area contributed by atoms with Gasteiger partial charge < -0.3 is 15.4 Å². The van der Waals surface area contributed by atoms with E-state index < -0.39 is 0 Å². The number of hydrogen-bond donors (Lipinski definition) is 1. The van der Waals surface area contributed by atoms with E-state index in [2.05, 4.69) is 11.9 Å². The molecule has 1 rings (SSSR count). The fourth-order valence-electron chi connectivity index (χ4n) is 2.60. The van der Waals surface area contributed by atoms with Crippen molar-refractivity contribution in [2.75, 3.05) is 27.2 Å². The van der Waals surface area contributed by atoms with Gasteiger partial charge in [0.1, 0.15) is 0 Å². The molecule has 0 bridgehead atoms. The maximum Gasteiger partial charge on any atom is 0.0586 e. The van der Waals surface area contributed by atoms with Gasteiger partial charge in [-0.05, 0) is 58.7 Å². The summed E-state index contributed by atoms with van der Waals surface area (Å²) in [5, 5.41) is 0. The molecule has 0 aromatic heterocycles. The highest BCUT2D eigenvalue weighted by Crippen LogP contribution is 2.24. The number of ether oxygens (including phenoxy) is 1. The molecule has 1 aliphatic rings. The van der Waals surface area contributed by atoms with Gasteiger partial charge in [0.2, 0.25) is 0 Å². The molecule has 0 spiro atoms. The highest BCUT2D eigenvalue weighted by Gasteiger charge is 2.24. The van der Waals surface area contributed by atoms with Crippen molar-refractivity contribution >= 4 is 0 Å². The van der Waals surface area contributed by atoms with Crippen molar-refractivity contribution in [2.24, 2.45) is 5.73 Å². The van der Waals surface area contributed by atoms with Gasteiger partial charge in [-0.15, -0.1) is 0 Å². The molecule has 2 unspecified atom stereocenters. The van der Waals surface area contributed by atoms with Crippen molar-refractivity contribution in [3.8, 4) is 0 Å².